The number of fused-ring (bicyclic) bond motifs is 5. The SMILES string of the molecule is Cc1cc(-c2ccc(C3C4=C(NC(c5ccccc5)n5nnnc54)Oc4c3c(=O)oc3ccccc43)cc2)cnc1F. The molecule has 10 heteroatoms. The van der Waals surface area contributed by atoms with Crippen molar-refractivity contribution in [1.82, 2.24) is 30.5 Å². The first-order valence-corrected chi connectivity index (χ1v) is 13.4. The summed E-state index contributed by atoms with van der Waals surface area (Å²) in [5.41, 5.74) is 4.74. The topological polar surface area (TPSA) is 108 Å². The lowest BCUT2D eigenvalue weighted by molar-refractivity contribution is 0.305. The van der Waals surface area contributed by atoms with E-state index in [1.54, 1.807) is 23.7 Å². The Morgan fingerprint density at radius 1 is 0.929 bits per heavy atom. The Kier molecular flexibility index (Phi) is 5.30. The number of hydrogen-bond acceptors (Lipinski definition) is 8. The van der Waals surface area contributed by atoms with E-state index in [9.17, 15) is 9.18 Å². The molecule has 3 aromatic carbocycles. The minimum atomic E-state index is -0.610. The standard InChI is InChI=1S/C32H21FN6O3/c1-17-15-21(16-34-28(17)33)18-11-13-19(14-12-18)24-25-27(22-9-5-6-10-23(22)41-32(25)40)42-31-26(24)30-36-37-38-39(30)29(35-31)20-7-3-2-4-8-20/h2-16,24,29,35H,1H3. The number of aromatic nitrogens is 5. The van der Waals surface area contributed by atoms with Gasteiger partial charge < -0.3 is 14.5 Å². The highest BCUT2D eigenvalue weighted by molar-refractivity contribution is 5.89. The molecule has 0 amide bonds. The van der Waals surface area contributed by atoms with Gasteiger partial charge in [0.2, 0.25) is 11.8 Å². The predicted molar refractivity (Wildman–Crippen MR) is 152 cm³/mol. The molecule has 0 radical (unpaired) electrons. The van der Waals surface area contributed by atoms with Gasteiger partial charge in [-0.25, -0.2) is 9.78 Å². The third kappa shape index (κ3) is 3.65. The van der Waals surface area contributed by atoms with E-state index in [-0.39, 0.29) is 0 Å². The summed E-state index contributed by atoms with van der Waals surface area (Å²) in [5, 5.41) is 16.8. The van der Waals surface area contributed by atoms with E-state index in [1.807, 2.05) is 72.8 Å². The highest BCUT2D eigenvalue weighted by atomic mass is 19.1. The number of hydrogen-bond donors (Lipinski definition) is 1. The zero-order valence-electron chi connectivity index (χ0n) is 22.2. The highest BCUT2D eigenvalue weighted by Crippen LogP contribution is 2.49. The number of rotatable bonds is 3. The highest BCUT2D eigenvalue weighted by Gasteiger charge is 2.43. The van der Waals surface area contributed by atoms with Crippen molar-refractivity contribution < 1.29 is 13.5 Å². The van der Waals surface area contributed by atoms with E-state index in [1.165, 1.54) is 6.20 Å². The van der Waals surface area contributed by atoms with E-state index < -0.39 is 23.7 Å². The summed E-state index contributed by atoms with van der Waals surface area (Å²) >= 11 is 0. The maximum atomic E-state index is 13.8. The molecule has 2 aliphatic rings. The van der Waals surface area contributed by atoms with Gasteiger partial charge in [-0.2, -0.15) is 9.07 Å². The van der Waals surface area contributed by atoms with E-state index in [0.717, 1.165) is 22.3 Å². The molecule has 42 heavy (non-hydrogen) atoms. The number of benzene rings is 3. The first-order valence-electron chi connectivity index (χ1n) is 13.4. The van der Waals surface area contributed by atoms with Crippen LogP contribution in [0.1, 0.15) is 40.2 Å². The molecule has 5 heterocycles. The molecule has 0 aliphatic carbocycles. The summed E-state index contributed by atoms with van der Waals surface area (Å²) in [6, 6.07) is 26.6. The van der Waals surface area contributed by atoms with Crippen molar-refractivity contribution in [2.24, 2.45) is 0 Å². The van der Waals surface area contributed by atoms with Gasteiger partial charge >= 0.3 is 5.63 Å². The minimum Gasteiger partial charge on any atom is -0.439 e. The first kappa shape index (κ1) is 24.2. The second-order valence-electron chi connectivity index (χ2n) is 10.3. The molecule has 8 rings (SSSR count). The molecule has 2 unspecified atom stereocenters. The molecular weight excluding hydrogens is 535 g/mol. The smallest absolute Gasteiger partial charge is 0.344 e. The average molecular weight is 557 g/mol. The molecule has 204 valence electrons. The van der Waals surface area contributed by atoms with Crippen molar-refractivity contribution in [3.05, 3.63) is 141 Å². The maximum Gasteiger partial charge on any atom is 0.344 e. The van der Waals surface area contributed by atoms with Crippen LogP contribution >= 0.6 is 0 Å². The van der Waals surface area contributed by atoms with Crippen LogP contribution in [0.5, 0.6) is 5.75 Å². The number of tetrazole rings is 1. The number of allylic oxidation sites excluding steroid dienone is 1. The fraction of sp³-hybridized carbons (Fsp3) is 0.0938. The largest absolute Gasteiger partial charge is 0.439 e. The molecule has 2 aliphatic heterocycles. The van der Waals surface area contributed by atoms with E-state index in [2.05, 4.69) is 25.8 Å². The molecular formula is C32H21FN6O3. The van der Waals surface area contributed by atoms with E-state index >= 15 is 0 Å². The lowest BCUT2D eigenvalue weighted by Gasteiger charge is -2.36. The molecule has 0 saturated heterocycles. The Balaban J connectivity index is 1.34. The second kappa shape index (κ2) is 9.20. The lowest BCUT2D eigenvalue weighted by atomic mass is 9.81. The summed E-state index contributed by atoms with van der Waals surface area (Å²) in [5.74, 6) is 0.253. The fourth-order valence-corrected chi connectivity index (χ4v) is 5.77. The number of aryl methyl sites for hydroxylation is 1. The molecule has 6 aromatic rings. The third-order valence-electron chi connectivity index (χ3n) is 7.78. The van der Waals surface area contributed by atoms with Crippen LogP contribution in [0.2, 0.25) is 0 Å². The number of ether oxygens (including phenoxy) is 1. The Morgan fingerprint density at radius 3 is 2.52 bits per heavy atom. The monoisotopic (exact) mass is 556 g/mol. The van der Waals surface area contributed by atoms with Crippen molar-refractivity contribution in [2.45, 2.75) is 19.0 Å². The van der Waals surface area contributed by atoms with Gasteiger partial charge in [0.15, 0.2) is 17.7 Å². The van der Waals surface area contributed by atoms with Crippen molar-refractivity contribution in [3.8, 4) is 16.9 Å². The van der Waals surface area contributed by atoms with Crippen LogP contribution in [0, 0.1) is 12.9 Å². The van der Waals surface area contributed by atoms with Gasteiger partial charge in [-0.05, 0) is 52.2 Å². The van der Waals surface area contributed by atoms with Crippen molar-refractivity contribution in [1.29, 1.82) is 0 Å². The van der Waals surface area contributed by atoms with Crippen LogP contribution in [-0.2, 0) is 0 Å². The Hall–Kier alpha value is -5.64. The van der Waals surface area contributed by atoms with Gasteiger partial charge in [-0.3, -0.25) is 0 Å². The summed E-state index contributed by atoms with van der Waals surface area (Å²) in [6.45, 7) is 1.68. The normalized spacial score (nSPS) is 17.2. The zero-order valence-corrected chi connectivity index (χ0v) is 22.2. The van der Waals surface area contributed by atoms with Crippen LogP contribution in [-0.4, -0.2) is 25.2 Å². The van der Waals surface area contributed by atoms with Crippen molar-refractivity contribution in [2.75, 3.05) is 0 Å². The first-order chi connectivity index (χ1) is 20.6. The van der Waals surface area contributed by atoms with Gasteiger partial charge in [0.1, 0.15) is 5.58 Å². The average Bonchev–Trinajstić information content (AvgIpc) is 3.52. The lowest BCUT2D eigenvalue weighted by Crippen LogP contribution is -2.39. The summed E-state index contributed by atoms with van der Waals surface area (Å²) < 4.78 is 27.8. The Bertz CT molecular complexity index is 2100. The number of para-hydroxylation sites is 1. The summed E-state index contributed by atoms with van der Waals surface area (Å²) in [6.07, 6.45) is 1.07. The van der Waals surface area contributed by atoms with Crippen LogP contribution in [0.25, 0.3) is 27.7 Å². The van der Waals surface area contributed by atoms with Gasteiger partial charge in [0.05, 0.1) is 22.4 Å². The molecule has 1 N–H and O–H groups in total. The van der Waals surface area contributed by atoms with Crippen LogP contribution in [0.15, 0.2) is 106 Å². The quantitative estimate of drug-likeness (QED) is 0.230. The van der Waals surface area contributed by atoms with Gasteiger partial charge in [-0.1, -0.05) is 66.7 Å². The maximum absolute atomic E-state index is 13.8. The molecule has 0 bridgehead atoms. The third-order valence-corrected chi connectivity index (χ3v) is 7.78. The number of nitrogens with one attached hydrogen (secondary N) is 1. The molecule has 2 atom stereocenters. The molecule has 0 saturated carbocycles. The number of nitrogens with zero attached hydrogens (tertiary/aromatic N) is 5. The Morgan fingerprint density at radius 2 is 1.71 bits per heavy atom. The molecule has 0 fully saturated rings. The second-order valence-corrected chi connectivity index (χ2v) is 10.3. The molecule has 9 nitrogen and oxygen atoms in total. The fourth-order valence-electron chi connectivity index (χ4n) is 5.77. The summed E-state index contributed by atoms with van der Waals surface area (Å²) in [4.78, 5) is 17.5. The van der Waals surface area contributed by atoms with Crippen LogP contribution < -0.4 is 15.7 Å². The number of pyridine rings is 1. The molecule has 3 aromatic heterocycles. The predicted octanol–water partition coefficient (Wildman–Crippen LogP) is 5.33. The van der Waals surface area contributed by atoms with Crippen LogP contribution in [0.4, 0.5) is 4.39 Å². The Labute approximate surface area is 237 Å². The molecule has 0 spiro atoms. The zero-order chi connectivity index (χ0) is 28.4. The van der Waals surface area contributed by atoms with Gasteiger partial charge in [-0.15, -0.1) is 5.10 Å². The number of halogens is 1. The van der Waals surface area contributed by atoms with Crippen LogP contribution in [0.3, 0.4) is 0 Å². The van der Waals surface area contributed by atoms with Crippen molar-refractivity contribution in [3.63, 3.8) is 0 Å². The van der Waals surface area contributed by atoms with E-state index in [0.29, 0.717) is 45.1 Å². The minimum absolute atomic E-state index is 0.356. The van der Waals surface area contributed by atoms with E-state index in [4.69, 9.17) is 9.15 Å². The van der Waals surface area contributed by atoms with Crippen molar-refractivity contribution >= 4 is 16.5 Å². The van der Waals surface area contributed by atoms with Gasteiger partial charge in [0, 0.05) is 17.3 Å². The summed E-state index contributed by atoms with van der Waals surface area (Å²) in [7, 11) is 0. The van der Waals surface area contributed by atoms with Gasteiger partial charge in [0.25, 0.3) is 0 Å².